The summed E-state index contributed by atoms with van der Waals surface area (Å²) in [5.41, 5.74) is -1.42. The molecule has 0 aliphatic heterocycles. The van der Waals surface area contributed by atoms with Crippen LogP contribution in [0.1, 0.15) is 12.4 Å². The number of aromatic nitrogens is 3. The van der Waals surface area contributed by atoms with Crippen molar-refractivity contribution in [2.75, 3.05) is 0 Å². The Kier molecular flexibility index (Phi) is 4.54. The lowest BCUT2D eigenvalue weighted by atomic mass is 10.3. The summed E-state index contributed by atoms with van der Waals surface area (Å²) in [6.07, 6.45) is 0. The predicted octanol–water partition coefficient (Wildman–Crippen LogP) is 2.97. The van der Waals surface area contributed by atoms with Crippen molar-refractivity contribution in [2.24, 2.45) is 0 Å². The predicted molar refractivity (Wildman–Crippen MR) is 76.9 cm³/mol. The first kappa shape index (κ1) is 17.2. The van der Waals surface area contributed by atoms with E-state index in [4.69, 9.17) is 33.9 Å². The van der Waals surface area contributed by atoms with Gasteiger partial charge in [0.2, 0.25) is 0 Å². The van der Waals surface area contributed by atoms with Crippen LogP contribution in [0.25, 0.3) is 5.69 Å². The van der Waals surface area contributed by atoms with E-state index >= 15 is 0 Å². The summed E-state index contributed by atoms with van der Waals surface area (Å²) in [7, 11) is 0.984. The standard InChI is InChI=1S/C10H6Cl3F2N3O3S/c1-4-16-18(10(19)17(4)9(14)15)7-3-8(22(13,20)21)6(12)2-5(7)11/h2-3,9H,1H3. The molecule has 0 unspecified atom stereocenters. The number of aryl methyl sites for hydroxylation is 1. The third-order valence-electron chi connectivity index (χ3n) is 2.67. The van der Waals surface area contributed by atoms with Crippen LogP contribution in [0.4, 0.5) is 8.78 Å². The van der Waals surface area contributed by atoms with E-state index in [1.54, 1.807) is 0 Å². The molecule has 2 aromatic rings. The van der Waals surface area contributed by atoms with Crippen LogP contribution in [-0.4, -0.2) is 22.8 Å². The van der Waals surface area contributed by atoms with Gasteiger partial charge in [0.25, 0.3) is 9.05 Å². The van der Waals surface area contributed by atoms with Crippen molar-refractivity contribution in [3.63, 3.8) is 0 Å². The topological polar surface area (TPSA) is 74.0 Å². The second-order valence-corrected chi connectivity index (χ2v) is 7.41. The van der Waals surface area contributed by atoms with Crippen molar-refractivity contribution in [2.45, 2.75) is 18.4 Å². The lowest BCUT2D eigenvalue weighted by Gasteiger charge is -2.07. The van der Waals surface area contributed by atoms with Gasteiger partial charge in [-0.3, -0.25) is 0 Å². The van der Waals surface area contributed by atoms with Gasteiger partial charge in [-0.1, -0.05) is 23.2 Å². The van der Waals surface area contributed by atoms with Gasteiger partial charge in [0.15, 0.2) is 0 Å². The number of rotatable bonds is 3. The summed E-state index contributed by atoms with van der Waals surface area (Å²) in [5, 5.41) is 3.20. The third kappa shape index (κ3) is 2.98. The smallest absolute Gasteiger partial charge is 0.245 e. The monoisotopic (exact) mass is 391 g/mol. The minimum Gasteiger partial charge on any atom is -0.245 e. The highest BCUT2D eigenvalue weighted by Crippen LogP contribution is 2.32. The number of hydrogen-bond donors (Lipinski definition) is 0. The molecule has 1 heterocycles. The molecule has 0 spiro atoms. The van der Waals surface area contributed by atoms with E-state index in [1.807, 2.05) is 0 Å². The first-order valence-electron chi connectivity index (χ1n) is 5.44. The van der Waals surface area contributed by atoms with E-state index in [0.717, 1.165) is 12.1 Å². The molecule has 0 aliphatic carbocycles. The summed E-state index contributed by atoms with van der Waals surface area (Å²) < 4.78 is 49.1. The van der Waals surface area contributed by atoms with Crippen molar-refractivity contribution in [3.05, 3.63) is 38.5 Å². The average Bonchev–Trinajstić information content (AvgIpc) is 2.63. The van der Waals surface area contributed by atoms with Crippen LogP contribution in [-0.2, 0) is 9.05 Å². The Morgan fingerprint density at radius 2 is 1.82 bits per heavy atom. The fraction of sp³-hybridized carbons (Fsp3) is 0.200. The molecule has 0 radical (unpaired) electrons. The molecule has 12 heteroatoms. The van der Waals surface area contributed by atoms with Gasteiger partial charge in [-0.05, 0) is 19.1 Å². The maximum Gasteiger partial charge on any atom is 0.355 e. The molecule has 0 N–H and O–H groups in total. The normalized spacial score (nSPS) is 12.1. The lowest BCUT2D eigenvalue weighted by molar-refractivity contribution is 0.0640. The third-order valence-corrected chi connectivity index (χ3v) is 4.76. The minimum atomic E-state index is -4.23. The Morgan fingerprint density at radius 3 is 2.27 bits per heavy atom. The van der Waals surface area contributed by atoms with Crippen LogP contribution >= 0.6 is 33.9 Å². The molecule has 0 bridgehead atoms. The summed E-state index contributed by atoms with van der Waals surface area (Å²) in [4.78, 5) is 11.4. The minimum absolute atomic E-state index is 0.125. The van der Waals surface area contributed by atoms with Crippen molar-refractivity contribution in [3.8, 4) is 5.69 Å². The largest absolute Gasteiger partial charge is 0.355 e. The van der Waals surface area contributed by atoms with Gasteiger partial charge in [0.1, 0.15) is 10.7 Å². The zero-order valence-electron chi connectivity index (χ0n) is 10.6. The second kappa shape index (κ2) is 5.80. The van der Waals surface area contributed by atoms with Crippen molar-refractivity contribution in [1.29, 1.82) is 0 Å². The van der Waals surface area contributed by atoms with Crippen LogP contribution in [0.15, 0.2) is 21.8 Å². The maximum absolute atomic E-state index is 12.8. The van der Waals surface area contributed by atoms with Crippen LogP contribution < -0.4 is 5.69 Å². The molecule has 0 fully saturated rings. The van der Waals surface area contributed by atoms with Crippen LogP contribution in [0.5, 0.6) is 0 Å². The number of alkyl halides is 2. The first-order chi connectivity index (χ1) is 10.0. The van der Waals surface area contributed by atoms with E-state index in [2.05, 4.69) is 5.10 Å². The fourth-order valence-electron chi connectivity index (χ4n) is 1.73. The van der Waals surface area contributed by atoms with Gasteiger partial charge in [-0.25, -0.2) is 17.8 Å². The number of benzene rings is 1. The van der Waals surface area contributed by atoms with Crippen molar-refractivity contribution >= 4 is 42.9 Å². The van der Waals surface area contributed by atoms with Crippen LogP contribution in [0.2, 0.25) is 10.0 Å². The number of hydrogen-bond acceptors (Lipinski definition) is 4. The first-order valence-corrected chi connectivity index (χ1v) is 8.51. The molecular formula is C10H6Cl3F2N3O3S. The molecule has 0 saturated heterocycles. The molecule has 0 amide bonds. The lowest BCUT2D eigenvalue weighted by Crippen LogP contribution is -2.25. The maximum atomic E-state index is 12.8. The summed E-state index contributed by atoms with van der Waals surface area (Å²) in [5.74, 6) is -0.277. The zero-order valence-corrected chi connectivity index (χ0v) is 13.7. The van der Waals surface area contributed by atoms with E-state index in [-0.39, 0.29) is 26.1 Å². The fourth-order valence-corrected chi connectivity index (χ4v) is 3.54. The number of nitrogens with zero attached hydrogens (tertiary/aromatic N) is 3. The molecule has 0 atom stereocenters. The molecule has 1 aromatic carbocycles. The molecular weight excluding hydrogens is 387 g/mol. The molecule has 6 nitrogen and oxygen atoms in total. The van der Waals surface area contributed by atoms with E-state index in [1.165, 1.54) is 6.92 Å². The van der Waals surface area contributed by atoms with Crippen molar-refractivity contribution < 1.29 is 17.2 Å². The zero-order chi connectivity index (χ0) is 16.8. The van der Waals surface area contributed by atoms with Gasteiger partial charge in [0, 0.05) is 10.7 Å². The molecule has 2 rings (SSSR count). The second-order valence-electron chi connectivity index (χ2n) is 4.06. The molecule has 1 aromatic heterocycles. The Hall–Kier alpha value is -1.16. The Bertz CT molecular complexity index is 908. The number of halogens is 5. The van der Waals surface area contributed by atoms with Crippen molar-refractivity contribution in [1.82, 2.24) is 14.3 Å². The van der Waals surface area contributed by atoms with Gasteiger partial charge >= 0.3 is 12.2 Å². The molecule has 0 aliphatic rings. The van der Waals surface area contributed by atoms with Crippen LogP contribution in [0, 0.1) is 6.92 Å². The quantitative estimate of drug-likeness (QED) is 0.753. The summed E-state index contributed by atoms with van der Waals surface area (Å²) >= 11 is 11.6. The van der Waals surface area contributed by atoms with Gasteiger partial charge < -0.3 is 0 Å². The summed E-state index contributed by atoms with van der Waals surface area (Å²) in [6.45, 7) is -1.92. The summed E-state index contributed by atoms with van der Waals surface area (Å²) in [6, 6.07) is 1.91. The van der Waals surface area contributed by atoms with E-state index in [0.29, 0.717) is 4.68 Å². The average molecular weight is 393 g/mol. The highest BCUT2D eigenvalue weighted by Gasteiger charge is 2.23. The van der Waals surface area contributed by atoms with E-state index in [9.17, 15) is 22.0 Å². The highest BCUT2D eigenvalue weighted by atomic mass is 35.7. The Balaban J connectivity index is 2.80. The van der Waals surface area contributed by atoms with Gasteiger partial charge in [-0.15, -0.1) is 5.10 Å². The SMILES string of the molecule is Cc1nn(-c2cc(S(=O)(=O)Cl)c(Cl)cc2Cl)c(=O)n1C(F)F. The molecule has 120 valence electrons. The van der Waals surface area contributed by atoms with Gasteiger partial charge in [-0.2, -0.15) is 13.5 Å². The van der Waals surface area contributed by atoms with Gasteiger partial charge in [0.05, 0.1) is 15.7 Å². The highest BCUT2D eigenvalue weighted by molar-refractivity contribution is 8.13. The Labute approximate surface area is 137 Å². The van der Waals surface area contributed by atoms with E-state index < -0.39 is 26.2 Å². The Morgan fingerprint density at radius 1 is 1.23 bits per heavy atom. The molecule has 22 heavy (non-hydrogen) atoms. The van der Waals surface area contributed by atoms with Crippen LogP contribution in [0.3, 0.4) is 0 Å². The molecule has 0 saturated carbocycles.